The van der Waals surface area contributed by atoms with E-state index in [1.54, 1.807) is 0 Å². The summed E-state index contributed by atoms with van der Waals surface area (Å²) in [5, 5.41) is 0. The highest BCUT2D eigenvalue weighted by Gasteiger charge is 2.09. The third kappa shape index (κ3) is 4.96. The molecule has 1 aromatic rings. The Morgan fingerprint density at radius 3 is 2.07 bits per heavy atom. The van der Waals surface area contributed by atoms with E-state index < -0.39 is 0 Å². The van der Waals surface area contributed by atoms with E-state index in [9.17, 15) is 0 Å². The molecule has 0 heterocycles. The molecule has 0 spiro atoms. The Morgan fingerprint density at radius 2 is 1.60 bits per heavy atom. The lowest BCUT2D eigenvalue weighted by atomic mass is 10.1. The molecule has 0 saturated heterocycles. The van der Waals surface area contributed by atoms with Gasteiger partial charge in [0.15, 0.2) is 0 Å². The third-order valence-corrected chi connectivity index (χ3v) is 1.94. The van der Waals surface area contributed by atoms with Gasteiger partial charge in [-0.25, -0.2) is 0 Å². The molecule has 0 aliphatic heterocycles. The standard InChI is InChI=1S/C13H21NO/c1-10-6-11(2)8-12(7-10)9-14-15-13(3,4)5/h6-8,14H,9H2,1-5H3. The zero-order valence-electron chi connectivity index (χ0n) is 10.3. The van der Waals surface area contributed by atoms with Crippen LogP contribution in [0.25, 0.3) is 0 Å². The Kier molecular flexibility index (Phi) is 3.89. The van der Waals surface area contributed by atoms with Crippen LogP contribution in [0.2, 0.25) is 0 Å². The predicted molar refractivity (Wildman–Crippen MR) is 63.6 cm³/mol. The zero-order valence-corrected chi connectivity index (χ0v) is 10.3. The fraction of sp³-hybridized carbons (Fsp3) is 0.538. The third-order valence-electron chi connectivity index (χ3n) is 1.94. The summed E-state index contributed by atoms with van der Waals surface area (Å²) in [6.07, 6.45) is 0. The topological polar surface area (TPSA) is 21.3 Å². The summed E-state index contributed by atoms with van der Waals surface area (Å²) in [4.78, 5) is 5.46. The van der Waals surface area contributed by atoms with Crippen LogP contribution in [0.3, 0.4) is 0 Å². The molecule has 0 saturated carbocycles. The fourth-order valence-corrected chi connectivity index (χ4v) is 1.51. The average Bonchev–Trinajstić information content (AvgIpc) is 1.99. The minimum atomic E-state index is -0.140. The molecule has 0 aliphatic carbocycles. The van der Waals surface area contributed by atoms with Gasteiger partial charge in [0.2, 0.25) is 0 Å². The first-order valence-electron chi connectivity index (χ1n) is 5.35. The fourth-order valence-electron chi connectivity index (χ4n) is 1.51. The Morgan fingerprint density at radius 1 is 1.07 bits per heavy atom. The maximum atomic E-state index is 5.46. The molecule has 2 nitrogen and oxygen atoms in total. The Bertz CT molecular complexity index is 306. The second-order valence-corrected chi connectivity index (χ2v) is 5.03. The van der Waals surface area contributed by atoms with Gasteiger partial charge in [0.25, 0.3) is 0 Å². The molecule has 0 unspecified atom stereocenters. The van der Waals surface area contributed by atoms with Crippen molar-refractivity contribution in [2.75, 3.05) is 0 Å². The van der Waals surface area contributed by atoms with Gasteiger partial charge in [0, 0.05) is 6.54 Å². The summed E-state index contributed by atoms with van der Waals surface area (Å²) in [7, 11) is 0. The van der Waals surface area contributed by atoms with Gasteiger partial charge in [-0.3, -0.25) is 4.84 Å². The number of rotatable bonds is 3. The second-order valence-electron chi connectivity index (χ2n) is 5.03. The van der Waals surface area contributed by atoms with Crippen LogP contribution in [0.15, 0.2) is 18.2 Å². The normalized spacial score (nSPS) is 11.8. The van der Waals surface area contributed by atoms with Crippen molar-refractivity contribution in [2.45, 2.75) is 46.8 Å². The number of aryl methyl sites for hydroxylation is 2. The van der Waals surface area contributed by atoms with Crippen molar-refractivity contribution in [3.8, 4) is 0 Å². The van der Waals surface area contributed by atoms with Gasteiger partial charge in [-0.05, 0) is 40.2 Å². The van der Waals surface area contributed by atoms with Crippen LogP contribution in [0.4, 0.5) is 0 Å². The van der Waals surface area contributed by atoms with E-state index in [1.807, 2.05) is 20.8 Å². The second kappa shape index (κ2) is 4.77. The molecule has 0 atom stereocenters. The summed E-state index contributed by atoms with van der Waals surface area (Å²) >= 11 is 0. The van der Waals surface area contributed by atoms with Crippen molar-refractivity contribution in [3.63, 3.8) is 0 Å². The first-order valence-corrected chi connectivity index (χ1v) is 5.35. The van der Waals surface area contributed by atoms with Gasteiger partial charge >= 0.3 is 0 Å². The van der Waals surface area contributed by atoms with Crippen molar-refractivity contribution in [1.29, 1.82) is 0 Å². The maximum Gasteiger partial charge on any atom is 0.0813 e. The van der Waals surface area contributed by atoms with Crippen LogP contribution in [-0.4, -0.2) is 5.60 Å². The summed E-state index contributed by atoms with van der Waals surface area (Å²) in [5.74, 6) is 0. The van der Waals surface area contributed by atoms with Crippen molar-refractivity contribution in [3.05, 3.63) is 34.9 Å². The summed E-state index contributed by atoms with van der Waals surface area (Å²) in [6, 6.07) is 6.52. The van der Waals surface area contributed by atoms with E-state index in [0.29, 0.717) is 0 Å². The van der Waals surface area contributed by atoms with Crippen molar-refractivity contribution >= 4 is 0 Å². The van der Waals surface area contributed by atoms with Crippen LogP contribution in [0.5, 0.6) is 0 Å². The number of benzene rings is 1. The molecule has 15 heavy (non-hydrogen) atoms. The van der Waals surface area contributed by atoms with Crippen LogP contribution in [-0.2, 0) is 11.4 Å². The first kappa shape index (κ1) is 12.2. The Hall–Kier alpha value is -0.860. The van der Waals surface area contributed by atoms with Gasteiger partial charge in [-0.2, -0.15) is 5.48 Å². The summed E-state index contributed by atoms with van der Waals surface area (Å²) in [5.41, 5.74) is 6.71. The van der Waals surface area contributed by atoms with Gasteiger partial charge in [0.1, 0.15) is 0 Å². The van der Waals surface area contributed by atoms with Crippen LogP contribution < -0.4 is 5.48 Å². The molecule has 0 aliphatic rings. The smallest absolute Gasteiger partial charge is 0.0813 e. The van der Waals surface area contributed by atoms with Gasteiger partial charge in [-0.15, -0.1) is 0 Å². The monoisotopic (exact) mass is 207 g/mol. The number of nitrogens with one attached hydrogen (secondary N) is 1. The molecule has 1 N–H and O–H groups in total. The van der Waals surface area contributed by atoms with Crippen LogP contribution >= 0.6 is 0 Å². The molecule has 0 aromatic heterocycles. The van der Waals surface area contributed by atoms with Crippen LogP contribution in [0, 0.1) is 13.8 Å². The predicted octanol–water partition coefficient (Wildman–Crippen LogP) is 3.12. The first-order chi connectivity index (χ1) is 6.87. The van der Waals surface area contributed by atoms with Crippen LogP contribution in [0.1, 0.15) is 37.5 Å². The van der Waals surface area contributed by atoms with E-state index in [1.165, 1.54) is 16.7 Å². The van der Waals surface area contributed by atoms with Crippen molar-refractivity contribution in [2.24, 2.45) is 0 Å². The van der Waals surface area contributed by atoms with E-state index in [-0.39, 0.29) is 5.60 Å². The maximum absolute atomic E-state index is 5.46. The lowest BCUT2D eigenvalue weighted by Gasteiger charge is -2.19. The number of hydroxylamine groups is 1. The molecule has 2 heteroatoms. The van der Waals surface area contributed by atoms with Gasteiger partial charge in [0.05, 0.1) is 5.60 Å². The molecule has 0 fully saturated rings. The molecular weight excluding hydrogens is 186 g/mol. The largest absolute Gasteiger partial charge is 0.296 e. The molecule has 0 amide bonds. The van der Waals surface area contributed by atoms with E-state index in [4.69, 9.17) is 4.84 Å². The number of hydrogen-bond donors (Lipinski definition) is 1. The number of hydrogen-bond acceptors (Lipinski definition) is 2. The molecule has 0 radical (unpaired) electrons. The lowest BCUT2D eigenvalue weighted by molar-refractivity contribution is -0.0757. The zero-order chi connectivity index (χ0) is 11.5. The van der Waals surface area contributed by atoms with E-state index in [2.05, 4.69) is 37.5 Å². The van der Waals surface area contributed by atoms with Crippen molar-refractivity contribution < 1.29 is 4.84 Å². The molecule has 1 aromatic carbocycles. The van der Waals surface area contributed by atoms with E-state index in [0.717, 1.165) is 6.54 Å². The highest BCUT2D eigenvalue weighted by Crippen LogP contribution is 2.09. The molecular formula is C13H21NO. The Balaban J connectivity index is 2.51. The molecule has 0 bridgehead atoms. The van der Waals surface area contributed by atoms with Crippen molar-refractivity contribution in [1.82, 2.24) is 5.48 Å². The highest BCUT2D eigenvalue weighted by molar-refractivity contribution is 5.28. The molecule has 1 rings (SSSR count). The van der Waals surface area contributed by atoms with E-state index >= 15 is 0 Å². The van der Waals surface area contributed by atoms with Gasteiger partial charge < -0.3 is 0 Å². The quantitative estimate of drug-likeness (QED) is 0.769. The molecule has 84 valence electrons. The minimum absolute atomic E-state index is 0.140. The lowest BCUT2D eigenvalue weighted by Crippen LogP contribution is -2.28. The summed E-state index contributed by atoms with van der Waals surface area (Å²) < 4.78 is 0. The Labute approximate surface area is 92.6 Å². The SMILES string of the molecule is Cc1cc(C)cc(CNOC(C)(C)C)c1. The average molecular weight is 207 g/mol. The minimum Gasteiger partial charge on any atom is -0.296 e. The van der Waals surface area contributed by atoms with Gasteiger partial charge in [-0.1, -0.05) is 29.3 Å². The summed E-state index contributed by atoms with van der Waals surface area (Å²) in [6.45, 7) is 11.1. The highest BCUT2D eigenvalue weighted by atomic mass is 16.7.